The van der Waals surface area contributed by atoms with Crippen molar-refractivity contribution in [3.63, 3.8) is 0 Å². The molecule has 6 nitrogen and oxygen atoms in total. The standard InChI is InChI=1S/C13H19FN2O4S/c1-9-6-10(14)11(15)7-12(9)21(18,19)16-13(8-17)2-4-20-5-3-13/h6-7,16-17H,2-5,8,15H2,1H3. The van der Waals surface area contributed by atoms with Crippen LogP contribution >= 0.6 is 0 Å². The molecule has 21 heavy (non-hydrogen) atoms. The largest absolute Gasteiger partial charge is 0.396 e. The van der Waals surface area contributed by atoms with Crippen LogP contribution in [0.15, 0.2) is 17.0 Å². The van der Waals surface area contributed by atoms with Crippen molar-refractivity contribution in [1.29, 1.82) is 0 Å². The third kappa shape index (κ3) is 3.34. The van der Waals surface area contributed by atoms with Gasteiger partial charge in [-0.25, -0.2) is 17.5 Å². The van der Waals surface area contributed by atoms with Gasteiger partial charge in [0.05, 0.1) is 22.7 Å². The second-order valence-electron chi connectivity index (χ2n) is 5.30. The van der Waals surface area contributed by atoms with Crippen LogP contribution in [0.4, 0.5) is 10.1 Å². The van der Waals surface area contributed by atoms with E-state index in [-0.39, 0.29) is 22.8 Å². The fourth-order valence-electron chi connectivity index (χ4n) is 2.35. The number of ether oxygens (including phenoxy) is 1. The van der Waals surface area contributed by atoms with E-state index >= 15 is 0 Å². The molecule has 0 spiro atoms. The Morgan fingerprint density at radius 1 is 1.43 bits per heavy atom. The van der Waals surface area contributed by atoms with Crippen LogP contribution in [-0.2, 0) is 14.8 Å². The van der Waals surface area contributed by atoms with E-state index in [9.17, 15) is 17.9 Å². The predicted molar refractivity (Wildman–Crippen MR) is 75.7 cm³/mol. The molecule has 0 saturated carbocycles. The maximum Gasteiger partial charge on any atom is 0.241 e. The van der Waals surface area contributed by atoms with Crippen molar-refractivity contribution in [3.8, 4) is 0 Å². The van der Waals surface area contributed by atoms with E-state index in [0.29, 0.717) is 26.1 Å². The molecule has 0 unspecified atom stereocenters. The summed E-state index contributed by atoms with van der Waals surface area (Å²) in [7, 11) is -3.91. The van der Waals surface area contributed by atoms with Crippen LogP contribution in [0.1, 0.15) is 18.4 Å². The molecule has 1 fully saturated rings. The first-order valence-electron chi connectivity index (χ1n) is 6.58. The van der Waals surface area contributed by atoms with Crippen molar-refractivity contribution in [2.75, 3.05) is 25.6 Å². The Bertz CT molecular complexity index is 627. The van der Waals surface area contributed by atoms with Crippen LogP contribution in [-0.4, -0.2) is 38.9 Å². The van der Waals surface area contributed by atoms with Gasteiger partial charge in [0.1, 0.15) is 5.82 Å². The lowest BCUT2D eigenvalue weighted by molar-refractivity contribution is 0.0223. The zero-order valence-electron chi connectivity index (χ0n) is 11.7. The van der Waals surface area contributed by atoms with Gasteiger partial charge < -0.3 is 15.6 Å². The SMILES string of the molecule is Cc1cc(F)c(N)cc1S(=O)(=O)NC1(CO)CCOCC1. The van der Waals surface area contributed by atoms with Gasteiger partial charge in [-0.15, -0.1) is 0 Å². The number of hydrogen-bond donors (Lipinski definition) is 3. The number of aliphatic hydroxyl groups excluding tert-OH is 1. The molecule has 8 heteroatoms. The number of hydrogen-bond acceptors (Lipinski definition) is 5. The molecule has 1 aromatic carbocycles. The molecule has 0 aliphatic carbocycles. The molecular formula is C13H19FN2O4S. The molecule has 0 atom stereocenters. The lowest BCUT2D eigenvalue weighted by Gasteiger charge is -2.36. The first kappa shape index (κ1) is 16.2. The molecule has 118 valence electrons. The number of nitrogens with two attached hydrogens (primary N) is 1. The summed E-state index contributed by atoms with van der Waals surface area (Å²) in [5.41, 5.74) is 4.52. The molecule has 1 aromatic rings. The van der Waals surface area contributed by atoms with E-state index in [1.54, 1.807) is 0 Å². The summed E-state index contributed by atoms with van der Waals surface area (Å²) in [6.45, 7) is 1.90. The number of halogens is 1. The Balaban J connectivity index is 2.36. The Kier molecular flexibility index (Phi) is 4.52. The van der Waals surface area contributed by atoms with Gasteiger partial charge in [-0.05, 0) is 37.5 Å². The van der Waals surface area contributed by atoms with E-state index in [1.807, 2.05) is 0 Å². The number of anilines is 1. The topological polar surface area (TPSA) is 102 Å². The maximum atomic E-state index is 13.4. The van der Waals surface area contributed by atoms with Gasteiger partial charge >= 0.3 is 0 Å². The average molecular weight is 318 g/mol. The molecule has 0 radical (unpaired) electrons. The second kappa shape index (κ2) is 5.88. The number of aryl methyl sites for hydroxylation is 1. The molecule has 1 heterocycles. The number of benzene rings is 1. The summed E-state index contributed by atoms with van der Waals surface area (Å²) >= 11 is 0. The number of sulfonamides is 1. The molecule has 1 aliphatic heterocycles. The van der Waals surface area contributed by atoms with Crippen LogP contribution in [0.5, 0.6) is 0 Å². The highest BCUT2D eigenvalue weighted by atomic mass is 32.2. The minimum Gasteiger partial charge on any atom is -0.396 e. The van der Waals surface area contributed by atoms with Crippen molar-refractivity contribution < 1.29 is 22.7 Å². The van der Waals surface area contributed by atoms with E-state index in [1.165, 1.54) is 6.92 Å². The van der Waals surface area contributed by atoms with Gasteiger partial charge in [-0.2, -0.15) is 0 Å². The molecule has 0 amide bonds. The second-order valence-corrected chi connectivity index (χ2v) is 6.95. The summed E-state index contributed by atoms with van der Waals surface area (Å²) in [6.07, 6.45) is 0.747. The molecule has 1 saturated heterocycles. The van der Waals surface area contributed by atoms with Crippen molar-refractivity contribution >= 4 is 15.7 Å². The fourth-order valence-corrected chi connectivity index (χ4v) is 4.07. The highest BCUT2D eigenvalue weighted by Gasteiger charge is 2.37. The van der Waals surface area contributed by atoms with Crippen molar-refractivity contribution in [2.45, 2.75) is 30.2 Å². The Labute approximate surface area is 123 Å². The van der Waals surface area contributed by atoms with E-state index in [2.05, 4.69) is 4.72 Å². The Morgan fingerprint density at radius 3 is 2.62 bits per heavy atom. The quantitative estimate of drug-likeness (QED) is 0.703. The number of nitrogen functional groups attached to an aromatic ring is 1. The first-order chi connectivity index (χ1) is 9.80. The molecule has 1 aliphatic rings. The van der Waals surface area contributed by atoms with E-state index < -0.39 is 21.4 Å². The lowest BCUT2D eigenvalue weighted by atomic mass is 9.93. The van der Waals surface area contributed by atoms with Gasteiger partial charge in [0, 0.05) is 13.2 Å². The summed E-state index contributed by atoms with van der Waals surface area (Å²) in [6, 6.07) is 2.18. The van der Waals surface area contributed by atoms with E-state index in [4.69, 9.17) is 10.5 Å². The monoisotopic (exact) mass is 318 g/mol. The summed E-state index contributed by atoms with van der Waals surface area (Å²) in [4.78, 5) is -0.0827. The number of aliphatic hydroxyl groups is 1. The fraction of sp³-hybridized carbons (Fsp3) is 0.538. The third-order valence-corrected chi connectivity index (χ3v) is 5.41. The summed E-state index contributed by atoms with van der Waals surface area (Å²) < 4.78 is 46.1. The predicted octanol–water partition coefficient (Wildman–Crippen LogP) is 0.536. The number of rotatable bonds is 4. The van der Waals surface area contributed by atoms with Gasteiger partial charge in [-0.1, -0.05) is 0 Å². The third-order valence-electron chi connectivity index (χ3n) is 3.69. The summed E-state index contributed by atoms with van der Waals surface area (Å²) in [5.74, 6) is -0.658. The first-order valence-corrected chi connectivity index (χ1v) is 8.06. The highest BCUT2D eigenvalue weighted by molar-refractivity contribution is 7.89. The average Bonchev–Trinajstić information content (AvgIpc) is 2.43. The zero-order valence-corrected chi connectivity index (χ0v) is 12.5. The summed E-state index contributed by atoms with van der Waals surface area (Å²) in [5, 5.41) is 9.55. The minimum atomic E-state index is -3.91. The maximum absolute atomic E-state index is 13.4. The molecular weight excluding hydrogens is 299 g/mol. The van der Waals surface area contributed by atoms with Gasteiger partial charge in [0.25, 0.3) is 0 Å². The molecule has 4 N–H and O–H groups in total. The van der Waals surface area contributed by atoms with E-state index in [0.717, 1.165) is 12.1 Å². The molecule has 2 rings (SSSR count). The highest BCUT2D eigenvalue weighted by Crippen LogP contribution is 2.26. The van der Waals surface area contributed by atoms with Gasteiger partial charge in [0.2, 0.25) is 10.0 Å². The Hall–Kier alpha value is -1.22. The van der Waals surface area contributed by atoms with Crippen molar-refractivity contribution in [1.82, 2.24) is 4.72 Å². The molecule has 0 aromatic heterocycles. The van der Waals surface area contributed by atoms with Crippen molar-refractivity contribution in [3.05, 3.63) is 23.5 Å². The van der Waals surface area contributed by atoms with Gasteiger partial charge in [0.15, 0.2) is 0 Å². The van der Waals surface area contributed by atoms with Gasteiger partial charge in [-0.3, -0.25) is 0 Å². The smallest absolute Gasteiger partial charge is 0.241 e. The number of nitrogens with one attached hydrogen (secondary N) is 1. The molecule has 0 bridgehead atoms. The minimum absolute atomic E-state index is 0.0827. The lowest BCUT2D eigenvalue weighted by Crippen LogP contribution is -2.54. The van der Waals surface area contributed by atoms with Crippen LogP contribution in [0.3, 0.4) is 0 Å². The van der Waals surface area contributed by atoms with Crippen molar-refractivity contribution in [2.24, 2.45) is 0 Å². The van der Waals surface area contributed by atoms with Crippen LogP contribution in [0.25, 0.3) is 0 Å². The van der Waals surface area contributed by atoms with Crippen LogP contribution in [0.2, 0.25) is 0 Å². The van der Waals surface area contributed by atoms with Crippen LogP contribution in [0, 0.1) is 12.7 Å². The van der Waals surface area contributed by atoms with Crippen LogP contribution < -0.4 is 10.5 Å². The Morgan fingerprint density at radius 2 is 2.05 bits per heavy atom. The normalized spacial score (nSPS) is 18.6. The zero-order chi connectivity index (χ0) is 15.7.